The van der Waals surface area contributed by atoms with Gasteiger partial charge in [0.05, 0.1) is 0 Å². The molecule has 0 fully saturated rings. The maximum atomic E-state index is 10.1. The van der Waals surface area contributed by atoms with E-state index >= 15 is 0 Å². The maximum absolute atomic E-state index is 10.1. The van der Waals surface area contributed by atoms with E-state index in [9.17, 15) is 4.79 Å². The second kappa shape index (κ2) is 9.16. The Kier molecular flexibility index (Phi) is 10.7. The van der Waals surface area contributed by atoms with Gasteiger partial charge in [0, 0.05) is 5.75 Å². The molecule has 0 aliphatic rings. The van der Waals surface area contributed by atoms with Crippen molar-refractivity contribution in [2.45, 2.75) is 6.04 Å². The van der Waals surface area contributed by atoms with Gasteiger partial charge in [-0.15, -0.1) is 0 Å². The Bertz CT molecular complexity index is 139. The Labute approximate surface area is 69.2 Å². The smallest absolute Gasteiger partial charge is 0.373 e. The molecule has 0 saturated carbocycles. The predicted molar refractivity (Wildman–Crippen MR) is 39.3 cm³/mol. The van der Waals surface area contributed by atoms with Gasteiger partial charge in [-0.1, -0.05) is 0 Å². The molecule has 5 nitrogen and oxygen atoms in total. The van der Waals surface area contributed by atoms with Crippen LogP contribution in [0.5, 0.6) is 0 Å². The van der Waals surface area contributed by atoms with Crippen LogP contribution < -0.4 is 5.32 Å². The summed E-state index contributed by atoms with van der Waals surface area (Å²) in [7, 11) is 1.59. The number of hydrogen-bond donors (Lipinski definition) is 3. The number of rotatable bonds is 3. The van der Waals surface area contributed by atoms with Crippen LogP contribution in [0.15, 0.2) is 0 Å². The van der Waals surface area contributed by atoms with E-state index < -0.39 is 12.0 Å². The summed E-state index contributed by atoms with van der Waals surface area (Å²) in [5.41, 5.74) is 0. The third-order valence-corrected chi connectivity index (χ3v) is 1.19. The molecule has 6 heteroatoms. The highest BCUT2D eigenvalue weighted by atomic mass is 32.1. The molecule has 0 heterocycles. The number of carbonyl (C=O) groups excluding carboxylic acids is 2. The minimum absolute atomic E-state index is 0.250. The van der Waals surface area contributed by atoms with E-state index in [0.29, 0.717) is 5.75 Å². The zero-order chi connectivity index (χ0) is 9.28. The second-order valence-electron chi connectivity index (χ2n) is 1.45. The van der Waals surface area contributed by atoms with Crippen molar-refractivity contribution < 1.29 is 19.5 Å². The lowest BCUT2D eigenvalue weighted by Crippen LogP contribution is -2.35. The molecule has 2 N–H and O–H groups in total. The van der Waals surface area contributed by atoms with Crippen molar-refractivity contribution in [3.8, 4) is 0 Å². The zero-order valence-corrected chi connectivity index (χ0v) is 6.80. The standard InChI is InChI=1S/C4H9NO2S.CO2/c1-5-3(2-8)4(6)7;2-1-3/h3,5,8H,2H2,1H3,(H,6,7);/t3-;/m0./s1. The van der Waals surface area contributed by atoms with Gasteiger partial charge in [0.1, 0.15) is 6.04 Å². The Hall–Kier alpha value is -0.840. The average Bonchev–Trinajstić information content (AvgIpc) is 1.91. The van der Waals surface area contributed by atoms with Crippen LogP contribution in [0.3, 0.4) is 0 Å². The van der Waals surface area contributed by atoms with Crippen LogP contribution in [0.1, 0.15) is 0 Å². The zero-order valence-electron chi connectivity index (χ0n) is 5.90. The highest BCUT2D eigenvalue weighted by Crippen LogP contribution is 1.84. The molecule has 0 amide bonds. The Morgan fingerprint density at radius 1 is 1.73 bits per heavy atom. The van der Waals surface area contributed by atoms with Gasteiger partial charge in [0.15, 0.2) is 0 Å². The summed E-state index contributed by atoms with van der Waals surface area (Å²) in [6, 6.07) is -0.515. The van der Waals surface area contributed by atoms with Gasteiger partial charge >= 0.3 is 12.1 Å². The summed E-state index contributed by atoms with van der Waals surface area (Å²) in [4.78, 5) is 26.3. The first kappa shape index (κ1) is 12.8. The van der Waals surface area contributed by atoms with Crippen molar-refractivity contribution in [1.29, 1.82) is 0 Å². The van der Waals surface area contributed by atoms with Gasteiger partial charge in [-0.3, -0.25) is 4.79 Å². The van der Waals surface area contributed by atoms with E-state index in [2.05, 4.69) is 17.9 Å². The quantitative estimate of drug-likeness (QED) is 0.484. The van der Waals surface area contributed by atoms with Crippen molar-refractivity contribution in [2.24, 2.45) is 0 Å². The Morgan fingerprint density at radius 2 is 2.09 bits per heavy atom. The van der Waals surface area contributed by atoms with Crippen molar-refractivity contribution in [3.05, 3.63) is 0 Å². The lowest BCUT2D eigenvalue weighted by atomic mass is 10.3. The van der Waals surface area contributed by atoms with Crippen LogP contribution in [-0.2, 0) is 14.4 Å². The molecule has 0 rings (SSSR count). The fraction of sp³-hybridized carbons (Fsp3) is 0.600. The first-order valence-corrected chi connectivity index (χ1v) is 3.27. The molecule has 0 aliphatic heterocycles. The molecule has 1 atom stereocenters. The highest BCUT2D eigenvalue weighted by Gasteiger charge is 2.10. The molecule has 0 aromatic carbocycles. The van der Waals surface area contributed by atoms with Crippen molar-refractivity contribution in [2.75, 3.05) is 12.8 Å². The summed E-state index contributed by atoms with van der Waals surface area (Å²) in [5, 5.41) is 10.8. The van der Waals surface area contributed by atoms with Gasteiger partial charge < -0.3 is 10.4 Å². The SMILES string of the molecule is CN[C@@H](CS)C(=O)O.O=C=O. The van der Waals surface area contributed by atoms with Crippen molar-refractivity contribution >= 4 is 24.7 Å². The third-order valence-electron chi connectivity index (χ3n) is 0.829. The first-order chi connectivity index (χ1) is 5.13. The summed E-state index contributed by atoms with van der Waals surface area (Å²) in [6.45, 7) is 0. The van der Waals surface area contributed by atoms with E-state index in [0.717, 1.165) is 0 Å². The molecule has 0 aromatic heterocycles. The maximum Gasteiger partial charge on any atom is 0.373 e. The molecule has 0 radical (unpaired) electrons. The number of carboxylic acid groups (broad SMARTS) is 1. The van der Waals surface area contributed by atoms with Crippen LogP contribution in [0.25, 0.3) is 0 Å². The second-order valence-corrected chi connectivity index (χ2v) is 1.81. The minimum atomic E-state index is -0.859. The molecule has 0 saturated heterocycles. The van der Waals surface area contributed by atoms with Crippen LogP contribution in [0.2, 0.25) is 0 Å². The first-order valence-electron chi connectivity index (χ1n) is 2.64. The number of aliphatic carboxylic acids is 1. The summed E-state index contributed by atoms with van der Waals surface area (Å²) in [6.07, 6.45) is 0.250. The normalized spacial score (nSPS) is 10.4. The largest absolute Gasteiger partial charge is 0.480 e. The monoisotopic (exact) mass is 179 g/mol. The number of carboxylic acids is 1. The fourth-order valence-electron chi connectivity index (χ4n) is 0.293. The number of likely N-dealkylation sites (N-methyl/N-ethyl adjacent to an activating group) is 1. The van der Waals surface area contributed by atoms with Gasteiger partial charge in [-0.05, 0) is 7.05 Å². The third kappa shape index (κ3) is 9.16. The van der Waals surface area contributed by atoms with Crippen LogP contribution >= 0.6 is 12.6 Å². The molecule has 0 aliphatic carbocycles. The molecule has 0 aromatic rings. The van der Waals surface area contributed by atoms with E-state index in [4.69, 9.17) is 14.7 Å². The molecular weight excluding hydrogens is 170 g/mol. The van der Waals surface area contributed by atoms with Crippen molar-refractivity contribution in [1.82, 2.24) is 5.32 Å². The Balaban J connectivity index is 0. The van der Waals surface area contributed by atoms with Crippen molar-refractivity contribution in [3.63, 3.8) is 0 Å². The lowest BCUT2D eigenvalue weighted by Gasteiger charge is -2.04. The van der Waals surface area contributed by atoms with E-state index in [1.807, 2.05) is 0 Å². The Morgan fingerprint density at radius 3 is 2.09 bits per heavy atom. The van der Waals surface area contributed by atoms with Crippen LogP contribution in [0, 0.1) is 0 Å². The molecule has 11 heavy (non-hydrogen) atoms. The molecular formula is C5H9NO4S. The number of carbonyl (C=O) groups is 1. The molecule has 0 spiro atoms. The molecule has 0 unspecified atom stereocenters. The minimum Gasteiger partial charge on any atom is -0.480 e. The van der Waals surface area contributed by atoms with Gasteiger partial charge in [-0.25, -0.2) is 0 Å². The number of hydrogen-bond acceptors (Lipinski definition) is 5. The van der Waals surface area contributed by atoms with Gasteiger partial charge in [0.2, 0.25) is 0 Å². The predicted octanol–water partition coefficient (Wildman–Crippen LogP) is -0.995. The summed E-state index contributed by atoms with van der Waals surface area (Å²) >= 11 is 3.79. The van der Waals surface area contributed by atoms with Gasteiger partial charge in [-0.2, -0.15) is 22.2 Å². The summed E-state index contributed by atoms with van der Waals surface area (Å²) in [5.74, 6) is -0.534. The summed E-state index contributed by atoms with van der Waals surface area (Å²) < 4.78 is 0. The fourth-order valence-corrected chi connectivity index (χ4v) is 0.632. The van der Waals surface area contributed by atoms with E-state index in [-0.39, 0.29) is 6.15 Å². The van der Waals surface area contributed by atoms with Crippen LogP contribution in [-0.4, -0.2) is 36.1 Å². The molecule has 64 valence electrons. The lowest BCUT2D eigenvalue weighted by molar-refractivity contribution is -0.191. The van der Waals surface area contributed by atoms with E-state index in [1.165, 1.54) is 0 Å². The van der Waals surface area contributed by atoms with Gasteiger partial charge in [0.25, 0.3) is 0 Å². The topological polar surface area (TPSA) is 83.5 Å². The van der Waals surface area contributed by atoms with Crippen LogP contribution in [0.4, 0.5) is 0 Å². The average molecular weight is 179 g/mol. The van der Waals surface area contributed by atoms with E-state index in [1.54, 1.807) is 7.05 Å². The highest BCUT2D eigenvalue weighted by molar-refractivity contribution is 7.80. The number of thiol groups is 1. The molecule has 0 bridgehead atoms. The number of nitrogens with one attached hydrogen (secondary N) is 1.